The molecule has 4 nitrogen and oxygen atoms in total. The SMILES string of the molecule is B.O=P(O)(O)O.[LiH]. The van der Waals surface area contributed by atoms with Gasteiger partial charge in [-0.1, -0.05) is 0 Å². The van der Waals surface area contributed by atoms with Crippen LogP contribution in [0.2, 0.25) is 0 Å². The van der Waals surface area contributed by atoms with Crippen molar-refractivity contribution in [2.24, 2.45) is 0 Å². The summed E-state index contributed by atoms with van der Waals surface area (Å²) in [7, 11) is -4.64. The zero-order chi connectivity index (χ0) is 4.50. The van der Waals surface area contributed by atoms with Gasteiger partial charge in [-0.15, -0.1) is 0 Å². The molecule has 0 saturated heterocycles. The fourth-order valence-corrected chi connectivity index (χ4v) is 0. The van der Waals surface area contributed by atoms with Gasteiger partial charge in [-0.25, -0.2) is 4.57 Å². The van der Waals surface area contributed by atoms with E-state index < -0.39 is 7.82 Å². The summed E-state index contributed by atoms with van der Waals surface area (Å²) < 4.78 is 8.88. The molecule has 0 amide bonds. The van der Waals surface area contributed by atoms with E-state index in [4.69, 9.17) is 19.2 Å². The molecule has 0 radical (unpaired) electrons. The molecule has 0 aromatic rings. The Kier molecular flexibility index (Phi) is 11.0. The fraction of sp³-hybridized carbons (Fsp3) is 0. The minimum atomic E-state index is -4.64. The second kappa shape index (κ2) is 4.92. The average molecular weight is 120 g/mol. The van der Waals surface area contributed by atoms with Crippen LogP contribution in [0.5, 0.6) is 0 Å². The van der Waals surface area contributed by atoms with Gasteiger partial charge in [-0.3, -0.25) is 0 Å². The maximum absolute atomic E-state index is 8.88. The van der Waals surface area contributed by atoms with Crippen LogP contribution in [0.1, 0.15) is 0 Å². The van der Waals surface area contributed by atoms with E-state index in [0.29, 0.717) is 0 Å². The van der Waals surface area contributed by atoms with E-state index in [1.165, 1.54) is 0 Å². The topological polar surface area (TPSA) is 77.8 Å². The van der Waals surface area contributed by atoms with Gasteiger partial charge in [0.25, 0.3) is 0 Å². The molecule has 7 heavy (non-hydrogen) atoms. The second-order valence-corrected chi connectivity index (χ2v) is 1.54. The van der Waals surface area contributed by atoms with Gasteiger partial charge in [0.05, 0.1) is 8.41 Å². The van der Waals surface area contributed by atoms with Crippen LogP contribution in [-0.2, 0) is 4.57 Å². The van der Waals surface area contributed by atoms with Gasteiger partial charge in [0.15, 0.2) is 0 Å². The van der Waals surface area contributed by atoms with Crippen molar-refractivity contribution in [1.29, 1.82) is 0 Å². The van der Waals surface area contributed by atoms with Gasteiger partial charge in [-0.05, 0) is 0 Å². The normalized spacial score (nSPS) is 8.43. The van der Waals surface area contributed by atoms with Gasteiger partial charge >= 0.3 is 26.7 Å². The Hall–Kier alpha value is 0.772. The van der Waals surface area contributed by atoms with Gasteiger partial charge < -0.3 is 14.7 Å². The van der Waals surface area contributed by atoms with E-state index in [0.717, 1.165) is 0 Å². The zero-order valence-corrected chi connectivity index (χ0v) is 3.09. The van der Waals surface area contributed by atoms with Crippen LogP contribution in [0.15, 0.2) is 0 Å². The van der Waals surface area contributed by atoms with Crippen LogP contribution in [0.25, 0.3) is 0 Å². The maximum atomic E-state index is 8.88. The predicted molar refractivity (Wildman–Crippen MR) is 31.4 cm³/mol. The molecule has 0 atom stereocenters. The van der Waals surface area contributed by atoms with Crippen molar-refractivity contribution < 1.29 is 19.2 Å². The molecule has 0 aromatic heterocycles. The molecule has 0 heterocycles. The summed E-state index contributed by atoms with van der Waals surface area (Å²) in [6, 6.07) is 0. The third-order valence-electron chi connectivity index (χ3n) is 0. The van der Waals surface area contributed by atoms with Crippen LogP contribution >= 0.6 is 7.82 Å². The fourth-order valence-electron chi connectivity index (χ4n) is 0. The second-order valence-electron chi connectivity index (χ2n) is 0.513. The Bertz CT molecular complexity index is 57.8. The first kappa shape index (κ1) is 15.7. The third-order valence-corrected chi connectivity index (χ3v) is 0. The molecule has 7 heteroatoms. The van der Waals surface area contributed by atoms with Gasteiger partial charge in [-0.2, -0.15) is 0 Å². The van der Waals surface area contributed by atoms with E-state index in [2.05, 4.69) is 0 Å². The predicted octanol–water partition coefficient (Wildman–Crippen LogP) is -2.76. The molecule has 0 spiro atoms. The molecule has 3 N–H and O–H groups in total. The van der Waals surface area contributed by atoms with Crippen molar-refractivity contribution in [1.82, 2.24) is 0 Å². The van der Waals surface area contributed by atoms with Crippen molar-refractivity contribution in [2.75, 3.05) is 0 Å². The average Bonchev–Trinajstić information content (AvgIpc) is 0.722. The van der Waals surface area contributed by atoms with E-state index in [9.17, 15) is 0 Å². The van der Waals surface area contributed by atoms with Crippen LogP contribution < -0.4 is 0 Å². The number of phosphoric acid groups is 1. The summed E-state index contributed by atoms with van der Waals surface area (Å²) in [6.45, 7) is 0. The number of hydrogen-bond acceptors (Lipinski definition) is 1. The van der Waals surface area contributed by atoms with Crippen LogP contribution in [-0.4, -0.2) is 42.0 Å². The Balaban J connectivity index is -0.0000000800. The summed E-state index contributed by atoms with van der Waals surface area (Å²) in [6.07, 6.45) is 0. The molecule has 0 rings (SSSR count). The summed E-state index contributed by atoms with van der Waals surface area (Å²) in [5.74, 6) is 0. The van der Waals surface area contributed by atoms with Gasteiger partial charge in [0.2, 0.25) is 0 Å². The van der Waals surface area contributed by atoms with Crippen molar-refractivity contribution in [3.05, 3.63) is 0 Å². The van der Waals surface area contributed by atoms with Crippen molar-refractivity contribution in [3.63, 3.8) is 0 Å². The molecule has 0 aliphatic rings. The first-order valence-corrected chi connectivity index (χ1v) is 2.35. The van der Waals surface area contributed by atoms with Crippen molar-refractivity contribution in [2.45, 2.75) is 0 Å². The standard InChI is InChI=1S/BH3.Li.H3O4P.H/c;;1-5(2,3)4;/h1H3;;(H3,1,2,3,4);. The van der Waals surface area contributed by atoms with E-state index >= 15 is 0 Å². The first-order chi connectivity index (χ1) is 2.00. The van der Waals surface area contributed by atoms with Gasteiger partial charge in [0.1, 0.15) is 0 Å². The number of hydrogen-bond donors (Lipinski definition) is 3. The van der Waals surface area contributed by atoms with Crippen molar-refractivity contribution in [3.8, 4) is 0 Å². The number of rotatable bonds is 0. The van der Waals surface area contributed by atoms with E-state index in [1.807, 2.05) is 0 Å². The third kappa shape index (κ3) is 259. The van der Waals surface area contributed by atoms with Crippen LogP contribution in [0.4, 0.5) is 0 Å². The molecule has 0 bridgehead atoms. The molecule has 0 aliphatic carbocycles. The van der Waals surface area contributed by atoms with Gasteiger partial charge in [0, 0.05) is 0 Å². The minimum absolute atomic E-state index is 0. The van der Waals surface area contributed by atoms with E-state index in [-0.39, 0.29) is 27.3 Å². The zero-order valence-electron chi connectivity index (χ0n) is 2.20. The monoisotopic (exact) mass is 120 g/mol. The summed E-state index contributed by atoms with van der Waals surface area (Å²) in [5.41, 5.74) is 0. The molecular weight excluding hydrogens is 113 g/mol. The summed E-state index contributed by atoms with van der Waals surface area (Å²) in [5, 5.41) is 0. The molecule has 40 valence electrons. The molecule has 0 unspecified atom stereocenters. The summed E-state index contributed by atoms with van der Waals surface area (Å²) >= 11 is 0. The van der Waals surface area contributed by atoms with Crippen LogP contribution in [0, 0.1) is 0 Å². The Labute approximate surface area is 54.9 Å². The quantitative estimate of drug-likeness (QED) is 0.239. The first-order valence-electron chi connectivity index (χ1n) is 0.783. The molecule has 0 saturated carbocycles. The van der Waals surface area contributed by atoms with Crippen molar-refractivity contribution >= 4 is 35.1 Å². The molecule has 0 aliphatic heterocycles. The Morgan fingerprint density at radius 1 is 1.14 bits per heavy atom. The Morgan fingerprint density at radius 3 is 1.14 bits per heavy atom. The Morgan fingerprint density at radius 2 is 1.14 bits per heavy atom. The van der Waals surface area contributed by atoms with E-state index in [1.54, 1.807) is 0 Å². The van der Waals surface area contributed by atoms with Crippen LogP contribution in [0.3, 0.4) is 0 Å². The molecule has 0 aromatic carbocycles. The summed E-state index contributed by atoms with van der Waals surface area (Å²) in [4.78, 5) is 21.6. The molecular formula is H7BLiO4P. The molecule has 0 fully saturated rings.